The molecule has 65 heavy (non-hydrogen) atoms. The maximum atomic E-state index is 13.9. The summed E-state index contributed by atoms with van der Waals surface area (Å²) in [7, 11) is -2.51. The van der Waals surface area contributed by atoms with E-state index in [-0.39, 0.29) is 79.8 Å². The van der Waals surface area contributed by atoms with Crippen molar-refractivity contribution in [3.63, 3.8) is 0 Å². The Morgan fingerprint density at radius 2 is 1.75 bits per heavy atom. The highest BCUT2D eigenvalue weighted by Crippen LogP contribution is 2.35. The second-order valence-electron chi connectivity index (χ2n) is 14.4. The summed E-state index contributed by atoms with van der Waals surface area (Å²) >= 11 is 0. The number of imide groups is 2. The maximum absolute atomic E-state index is 13.9. The molecule has 1 fully saturated rings. The molecule has 0 aliphatic carbocycles. The van der Waals surface area contributed by atoms with E-state index in [1.165, 1.54) is 54.5 Å². The molecule has 0 spiro atoms. The van der Waals surface area contributed by atoms with Crippen molar-refractivity contribution in [1.29, 1.82) is 0 Å². The molecule has 3 aromatic heterocycles. The molecule has 22 nitrogen and oxygen atoms in total. The number of hydrogen-bond acceptors (Lipinski definition) is 17. The lowest BCUT2D eigenvalue weighted by molar-refractivity contribution is -0.138. The number of anilines is 5. The number of alkyl halides is 3. The molecule has 340 valence electrons. The highest BCUT2D eigenvalue weighted by Gasteiger charge is 2.45. The largest absolute Gasteiger partial charge is 0.421 e. The number of nitrogens with zero attached hydrogens (tertiary/aromatic N) is 9. The van der Waals surface area contributed by atoms with E-state index >= 15 is 0 Å². The van der Waals surface area contributed by atoms with Crippen molar-refractivity contribution in [2.24, 2.45) is 0 Å². The minimum Gasteiger partial charge on any atom is -0.382 e. The smallest absolute Gasteiger partial charge is 0.382 e. The van der Waals surface area contributed by atoms with Crippen LogP contribution in [0.1, 0.15) is 60.9 Å². The van der Waals surface area contributed by atoms with Crippen LogP contribution in [-0.4, -0.2) is 117 Å². The number of sulfonamides is 1. The molecule has 7 rings (SSSR count). The van der Waals surface area contributed by atoms with Crippen molar-refractivity contribution in [2.75, 3.05) is 53.3 Å². The molecule has 5 heterocycles. The van der Waals surface area contributed by atoms with E-state index < -0.39 is 63.2 Å². The molecule has 2 aliphatic heterocycles. The number of hydrogen-bond donors (Lipinski definition) is 5. The normalized spacial score (nSPS) is 15.1. The van der Waals surface area contributed by atoms with Crippen LogP contribution < -0.4 is 30.9 Å². The fourth-order valence-electron chi connectivity index (χ4n) is 6.67. The Morgan fingerprint density at radius 3 is 2.49 bits per heavy atom. The van der Waals surface area contributed by atoms with E-state index in [0.717, 1.165) is 15.5 Å². The van der Waals surface area contributed by atoms with Gasteiger partial charge in [0.05, 0.1) is 56.4 Å². The summed E-state index contributed by atoms with van der Waals surface area (Å²) in [6, 6.07) is 9.68. The fraction of sp³-hybridized carbons (Fsp3) is 0.308. The summed E-state index contributed by atoms with van der Waals surface area (Å²) in [4.78, 5) is 80.0. The van der Waals surface area contributed by atoms with Crippen molar-refractivity contribution in [3.8, 4) is 0 Å². The van der Waals surface area contributed by atoms with E-state index in [4.69, 9.17) is 4.74 Å². The topological polar surface area (TPSA) is 278 Å². The van der Waals surface area contributed by atoms with Gasteiger partial charge in [0, 0.05) is 55.5 Å². The highest BCUT2D eigenvalue weighted by atomic mass is 32.2. The summed E-state index contributed by atoms with van der Waals surface area (Å²) in [5.41, 5.74) is 0.662. The standard InChI is InChI=1S/C39H39F3N14O8S/c1-54(65(2,62)63)33-28(43-12-13-45-33)20-46-32-26(39(40,41)42)19-48-38(51-32)49-23-8-6-22(7-9-23)34(58)47-18-24-21-55(53-52-24)15-17-64-16-14-44-27-5-3-4-25-31(27)37(61)56(36(25)60)29-10-11-30(57)50-35(29)59/h3-9,12-13,19,21,29,44H,10-11,14-18,20H2,1-2H3,(H,47,58)(H,50,57,59)(H2,46,48,49,51). The first-order valence-corrected chi connectivity index (χ1v) is 21.4. The third-order valence-electron chi connectivity index (χ3n) is 9.98. The van der Waals surface area contributed by atoms with Gasteiger partial charge in [0.25, 0.3) is 17.7 Å². The molecular formula is C39H39F3N14O8S. The lowest BCUT2D eigenvalue weighted by Crippen LogP contribution is -2.54. The summed E-state index contributed by atoms with van der Waals surface area (Å²) in [6.07, 6.45) is 0.930. The Morgan fingerprint density at radius 1 is 0.985 bits per heavy atom. The maximum Gasteiger partial charge on any atom is 0.421 e. The molecule has 0 radical (unpaired) electrons. The summed E-state index contributed by atoms with van der Waals surface area (Å²) in [5, 5.41) is 21.5. The van der Waals surface area contributed by atoms with Gasteiger partial charge in [-0.15, -0.1) is 5.10 Å². The molecule has 1 atom stereocenters. The molecule has 0 bridgehead atoms. The van der Waals surface area contributed by atoms with Gasteiger partial charge in [-0.1, -0.05) is 11.3 Å². The molecule has 0 saturated carbocycles. The molecule has 5 N–H and O–H groups in total. The lowest BCUT2D eigenvalue weighted by atomic mass is 10.0. The molecular weight excluding hydrogens is 882 g/mol. The number of rotatable bonds is 18. The molecule has 26 heteroatoms. The van der Waals surface area contributed by atoms with Crippen LogP contribution in [0.4, 0.5) is 42.1 Å². The number of halogens is 3. The van der Waals surface area contributed by atoms with E-state index in [9.17, 15) is 45.6 Å². The minimum absolute atomic E-state index is 0.0182. The van der Waals surface area contributed by atoms with Gasteiger partial charge in [-0.25, -0.2) is 23.1 Å². The number of amides is 5. The van der Waals surface area contributed by atoms with Crippen molar-refractivity contribution < 1.29 is 50.3 Å². The number of fused-ring (bicyclic) bond motifs is 1. The van der Waals surface area contributed by atoms with Crippen LogP contribution in [0.25, 0.3) is 0 Å². The van der Waals surface area contributed by atoms with Crippen LogP contribution in [0.3, 0.4) is 0 Å². The van der Waals surface area contributed by atoms with Crippen molar-refractivity contribution in [1.82, 2.24) is 50.5 Å². The fourth-order valence-corrected chi connectivity index (χ4v) is 7.14. The zero-order valence-electron chi connectivity index (χ0n) is 34.4. The Balaban J connectivity index is 0.856. The second kappa shape index (κ2) is 19.0. The zero-order chi connectivity index (χ0) is 46.5. The Bertz CT molecular complexity index is 2760. The second-order valence-corrected chi connectivity index (χ2v) is 16.5. The first kappa shape index (κ1) is 45.4. The van der Waals surface area contributed by atoms with Crippen LogP contribution in [-0.2, 0) is 50.2 Å². The number of ether oxygens (including phenoxy) is 1. The molecule has 1 unspecified atom stereocenters. The van der Waals surface area contributed by atoms with E-state index in [0.29, 0.717) is 29.8 Å². The van der Waals surface area contributed by atoms with Gasteiger partial charge in [-0.2, -0.15) is 18.2 Å². The van der Waals surface area contributed by atoms with Gasteiger partial charge in [0.15, 0.2) is 5.82 Å². The average molecular weight is 921 g/mol. The molecule has 1 saturated heterocycles. The van der Waals surface area contributed by atoms with E-state index in [1.807, 2.05) is 0 Å². The first-order valence-electron chi connectivity index (χ1n) is 19.6. The highest BCUT2D eigenvalue weighted by molar-refractivity contribution is 7.92. The van der Waals surface area contributed by atoms with Gasteiger partial charge in [-0.05, 0) is 42.8 Å². The summed E-state index contributed by atoms with van der Waals surface area (Å²) in [5.74, 6) is -3.70. The third-order valence-corrected chi connectivity index (χ3v) is 11.1. The van der Waals surface area contributed by atoms with Crippen LogP contribution >= 0.6 is 0 Å². The number of nitrogens with one attached hydrogen (secondary N) is 5. The molecule has 5 amide bonds. The van der Waals surface area contributed by atoms with Crippen molar-refractivity contribution in [3.05, 3.63) is 101 Å². The Hall–Kier alpha value is -7.61. The van der Waals surface area contributed by atoms with E-state index in [2.05, 4.69) is 56.8 Å². The molecule has 5 aromatic rings. The van der Waals surface area contributed by atoms with E-state index in [1.54, 1.807) is 18.3 Å². The van der Waals surface area contributed by atoms with Gasteiger partial charge < -0.3 is 26.0 Å². The van der Waals surface area contributed by atoms with Gasteiger partial charge >= 0.3 is 6.18 Å². The predicted octanol–water partition coefficient (Wildman–Crippen LogP) is 2.09. The molecule has 2 aromatic carbocycles. The predicted molar refractivity (Wildman–Crippen MR) is 223 cm³/mol. The minimum atomic E-state index is -4.83. The SMILES string of the molecule is CN(c1nccnc1CNc1nc(Nc2ccc(C(=O)NCc3cn(CCOCCNc4cccc5c4C(=O)N(C4CCC(=O)NC4=O)C5=O)nn3)cc2)ncc1C(F)(F)F)S(C)(=O)=O. The number of benzene rings is 2. The van der Waals surface area contributed by atoms with Crippen LogP contribution in [0, 0.1) is 0 Å². The number of aromatic nitrogens is 7. The van der Waals surface area contributed by atoms with Crippen LogP contribution in [0.5, 0.6) is 0 Å². The van der Waals surface area contributed by atoms with Gasteiger partial charge in [-0.3, -0.25) is 43.5 Å². The summed E-state index contributed by atoms with van der Waals surface area (Å²) in [6.45, 7) is 0.770. The number of carbonyl (C=O) groups excluding carboxylic acids is 5. The lowest BCUT2D eigenvalue weighted by Gasteiger charge is -2.27. The monoisotopic (exact) mass is 920 g/mol. The Labute approximate surface area is 367 Å². The third kappa shape index (κ3) is 10.6. The van der Waals surface area contributed by atoms with Gasteiger partial charge in [0.1, 0.15) is 28.8 Å². The van der Waals surface area contributed by atoms with Crippen molar-refractivity contribution in [2.45, 2.75) is 44.7 Å². The van der Waals surface area contributed by atoms with Crippen LogP contribution in [0.15, 0.2) is 67.3 Å². The Kier molecular flexibility index (Phi) is 13.3. The number of carbonyl (C=O) groups is 5. The zero-order valence-corrected chi connectivity index (χ0v) is 35.2. The first-order chi connectivity index (χ1) is 31.0. The summed E-state index contributed by atoms with van der Waals surface area (Å²) < 4.78 is 73.9. The van der Waals surface area contributed by atoms with Gasteiger partial charge in [0.2, 0.25) is 27.8 Å². The van der Waals surface area contributed by atoms with Crippen molar-refractivity contribution >= 4 is 68.5 Å². The van der Waals surface area contributed by atoms with Crippen LogP contribution in [0.2, 0.25) is 0 Å². The quantitative estimate of drug-likeness (QED) is 0.0622. The number of piperidine rings is 1. The molecule has 2 aliphatic rings. The average Bonchev–Trinajstić information content (AvgIpc) is 3.83.